The number of ether oxygens (including phenoxy) is 1. The van der Waals surface area contributed by atoms with Gasteiger partial charge in [0.25, 0.3) is 0 Å². The highest BCUT2D eigenvalue weighted by Gasteiger charge is 2.34. The number of amides is 1. The van der Waals surface area contributed by atoms with Crippen molar-refractivity contribution in [3.05, 3.63) is 40.2 Å². The van der Waals surface area contributed by atoms with Gasteiger partial charge in [0.05, 0.1) is 23.7 Å². The van der Waals surface area contributed by atoms with E-state index in [0.29, 0.717) is 24.3 Å². The molecule has 3 atom stereocenters. The first-order chi connectivity index (χ1) is 14.0. The number of carbonyl (C=O) groups is 2. The third-order valence-corrected chi connectivity index (χ3v) is 6.73. The first-order valence-corrected chi connectivity index (χ1v) is 10.7. The number of primary amides is 1. The molecular formula is C20H26N4O4S. The van der Waals surface area contributed by atoms with Crippen molar-refractivity contribution in [2.45, 2.75) is 25.0 Å². The third kappa shape index (κ3) is 4.58. The molecule has 1 amide bonds. The van der Waals surface area contributed by atoms with Crippen LogP contribution in [0.1, 0.15) is 45.4 Å². The Balaban J connectivity index is 1.47. The van der Waals surface area contributed by atoms with Gasteiger partial charge in [-0.1, -0.05) is 0 Å². The van der Waals surface area contributed by atoms with Crippen LogP contribution in [-0.4, -0.2) is 66.3 Å². The molecule has 2 aliphatic heterocycles. The van der Waals surface area contributed by atoms with Gasteiger partial charge in [0.2, 0.25) is 5.91 Å². The largest absolute Gasteiger partial charge is 0.467 e. The average Bonchev–Trinajstić information content (AvgIpc) is 3.41. The Morgan fingerprint density at radius 2 is 2.24 bits per heavy atom. The molecule has 0 spiro atoms. The normalized spacial score (nSPS) is 26.4. The Morgan fingerprint density at radius 1 is 1.38 bits per heavy atom. The zero-order valence-electron chi connectivity index (χ0n) is 16.5. The smallest absolute Gasteiger partial charge is 0.231 e. The fourth-order valence-electron chi connectivity index (χ4n) is 4.05. The minimum absolute atomic E-state index is 0.0293. The van der Waals surface area contributed by atoms with Gasteiger partial charge in [-0.05, 0) is 32.0 Å². The van der Waals surface area contributed by atoms with Crippen LogP contribution < -0.4 is 5.73 Å². The van der Waals surface area contributed by atoms with Crippen molar-refractivity contribution in [1.82, 2.24) is 14.8 Å². The Labute approximate surface area is 173 Å². The van der Waals surface area contributed by atoms with E-state index in [9.17, 15) is 9.59 Å². The molecule has 2 aromatic heterocycles. The highest BCUT2D eigenvalue weighted by molar-refractivity contribution is 7.13. The second-order valence-corrected chi connectivity index (χ2v) is 8.80. The Hall–Kier alpha value is -2.07. The molecule has 4 rings (SSSR count). The number of nitrogens with zero attached hydrogens (tertiary/aromatic N) is 3. The summed E-state index contributed by atoms with van der Waals surface area (Å²) < 4.78 is 11.2. The maximum absolute atomic E-state index is 13.1. The van der Waals surface area contributed by atoms with Crippen molar-refractivity contribution < 1.29 is 18.7 Å². The maximum Gasteiger partial charge on any atom is 0.231 e. The molecule has 0 bridgehead atoms. The van der Waals surface area contributed by atoms with E-state index in [0.717, 1.165) is 30.4 Å². The van der Waals surface area contributed by atoms with Gasteiger partial charge in [0.1, 0.15) is 16.9 Å². The maximum atomic E-state index is 13.1. The predicted octanol–water partition coefficient (Wildman–Crippen LogP) is 1.86. The number of thiazole rings is 1. The van der Waals surface area contributed by atoms with Crippen LogP contribution in [0.25, 0.3) is 0 Å². The fourth-order valence-corrected chi connectivity index (χ4v) is 5.11. The van der Waals surface area contributed by atoms with E-state index in [1.165, 1.54) is 11.3 Å². The topological polar surface area (TPSA) is 102 Å². The van der Waals surface area contributed by atoms with Crippen molar-refractivity contribution in [3.8, 4) is 0 Å². The molecule has 8 nitrogen and oxygen atoms in total. The zero-order valence-corrected chi connectivity index (χ0v) is 17.3. The van der Waals surface area contributed by atoms with Crippen molar-refractivity contribution in [2.24, 2.45) is 11.7 Å². The van der Waals surface area contributed by atoms with E-state index < -0.39 is 0 Å². The van der Waals surface area contributed by atoms with Gasteiger partial charge in [-0.3, -0.25) is 14.5 Å². The number of rotatable bonds is 6. The lowest BCUT2D eigenvalue weighted by Gasteiger charge is -2.38. The lowest BCUT2D eigenvalue weighted by Crippen LogP contribution is -2.49. The van der Waals surface area contributed by atoms with Crippen molar-refractivity contribution in [3.63, 3.8) is 0 Å². The van der Waals surface area contributed by atoms with E-state index in [2.05, 4.69) is 14.8 Å². The van der Waals surface area contributed by atoms with E-state index in [-0.39, 0.29) is 36.3 Å². The molecule has 2 aromatic rings. The minimum Gasteiger partial charge on any atom is -0.467 e. The van der Waals surface area contributed by atoms with Crippen LogP contribution in [-0.2, 0) is 9.53 Å². The summed E-state index contributed by atoms with van der Waals surface area (Å²) >= 11 is 1.43. The molecule has 29 heavy (non-hydrogen) atoms. The monoisotopic (exact) mass is 418 g/mol. The summed E-state index contributed by atoms with van der Waals surface area (Å²) in [4.78, 5) is 34.0. The summed E-state index contributed by atoms with van der Waals surface area (Å²) in [5, 5.41) is 0.857. The van der Waals surface area contributed by atoms with Gasteiger partial charge in [-0.25, -0.2) is 4.98 Å². The number of hydrogen-bond donors (Lipinski definition) is 1. The van der Waals surface area contributed by atoms with Gasteiger partial charge in [-0.15, -0.1) is 11.3 Å². The quantitative estimate of drug-likeness (QED) is 0.715. The van der Waals surface area contributed by atoms with E-state index in [1.54, 1.807) is 12.5 Å². The van der Waals surface area contributed by atoms with E-state index in [1.807, 2.05) is 19.2 Å². The van der Waals surface area contributed by atoms with Gasteiger partial charge in [-0.2, -0.15) is 0 Å². The molecule has 2 fully saturated rings. The third-order valence-electron chi connectivity index (χ3n) is 5.62. The Bertz CT molecular complexity index is 853. The fraction of sp³-hybridized carbons (Fsp3) is 0.550. The molecule has 2 N–H and O–H groups in total. The molecule has 4 heterocycles. The summed E-state index contributed by atoms with van der Waals surface area (Å²) in [6, 6.07) is 3.69. The standard InChI is InChI=1S/C20H26N4O4S/c1-23-5-6-24(12-18(21)25)14(11-23)20-22-10-17(29-20)19(26)13-4-8-28-16(9-13)15-3-2-7-27-15/h2-3,7,10,13-14,16H,4-6,8-9,11-12H2,1H3,(H2,21,25). The van der Waals surface area contributed by atoms with E-state index in [4.69, 9.17) is 14.9 Å². The predicted molar refractivity (Wildman–Crippen MR) is 108 cm³/mol. The number of piperazine rings is 1. The number of ketones is 1. The first kappa shape index (κ1) is 20.2. The van der Waals surface area contributed by atoms with E-state index >= 15 is 0 Å². The van der Waals surface area contributed by atoms with Crippen molar-refractivity contribution in [1.29, 1.82) is 0 Å². The lowest BCUT2D eigenvalue weighted by atomic mass is 9.90. The van der Waals surface area contributed by atoms with Crippen molar-refractivity contribution >= 4 is 23.0 Å². The van der Waals surface area contributed by atoms with Crippen LogP contribution in [0.4, 0.5) is 0 Å². The van der Waals surface area contributed by atoms with Crippen LogP contribution in [0, 0.1) is 5.92 Å². The van der Waals surface area contributed by atoms with Crippen LogP contribution >= 0.6 is 11.3 Å². The van der Waals surface area contributed by atoms with Gasteiger partial charge < -0.3 is 19.8 Å². The second kappa shape index (κ2) is 8.74. The molecule has 0 saturated carbocycles. The second-order valence-electron chi connectivity index (χ2n) is 7.74. The number of aromatic nitrogens is 1. The Kier molecular flexibility index (Phi) is 6.09. The summed E-state index contributed by atoms with van der Waals surface area (Å²) in [5.41, 5.74) is 5.42. The lowest BCUT2D eigenvalue weighted by molar-refractivity contribution is -0.120. The number of nitrogens with two attached hydrogens (primary N) is 1. The summed E-state index contributed by atoms with van der Waals surface area (Å²) in [6.07, 6.45) is 4.43. The number of furan rings is 1. The number of likely N-dealkylation sites (N-methyl/N-ethyl adjacent to an activating group) is 1. The molecule has 3 unspecified atom stereocenters. The van der Waals surface area contributed by atoms with Crippen LogP contribution in [0.3, 0.4) is 0 Å². The van der Waals surface area contributed by atoms with Crippen LogP contribution in [0.2, 0.25) is 0 Å². The SMILES string of the molecule is CN1CCN(CC(N)=O)C(c2ncc(C(=O)C3CCOC(c4ccco4)C3)s2)C1. The summed E-state index contributed by atoms with van der Waals surface area (Å²) in [6.45, 7) is 3.11. The molecule has 2 aliphatic rings. The van der Waals surface area contributed by atoms with Gasteiger partial charge in [0.15, 0.2) is 5.78 Å². The molecule has 2 saturated heterocycles. The number of hydrogen-bond acceptors (Lipinski definition) is 8. The number of Topliss-reactive ketones (excluding diaryl/α,β-unsaturated/α-hetero) is 1. The molecule has 156 valence electrons. The first-order valence-electron chi connectivity index (χ1n) is 9.87. The average molecular weight is 419 g/mol. The van der Waals surface area contributed by atoms with Crippen LogP contribution in [0.5, 0.6) is 0 Å². The highest BCUT2D eigenvalue weighted by Crippen LogP contribution is 2.35. The molecule has 0 radical (unpaired) electrons. The minimum atomic E-state index is -0.349. The van der Waals surface area contributed by atoms with Gasteiger partial charge >= 0.3 is 0 Å². The van der Waals surface area contributed by atoms with Crippen LogP contribution in [0.15, 0.2) is 29.0 Å². The molecule has 9 heteroatoms. The summed E-state index contributed by atoms with van der Waals surface area (Å²) in [5.74, 6) is 0.417. The van der Waals surface area contributed by atoms with Gasteiger partial charge in [0, 0.05) is 38.4 Å². The van der Waals surface area contributed by atoms with Crippen molar-refractivity contribution in [2.75, 3.05) is 39.8 Å². The molecule has 0 aromatic carbocycles. The number of carbonyl (C=O) groups excluding carboxylic acids is 2. The Morgan fingerprint density at radius 3 is 3.00 bits per heavy atom. The molecular weight excluding hydrogens is 392 g/mol. The summed E-state index contributed by atoms with van der Waals surface area (Å²) in [7, 11) is 2.05. The highest BCUT2D eigenvalue weighted by atomic mass is 32.1. The zero-order chi connectivity index (χ0) is 20.4. The molecule has 0 aliphatic carbocycles.